The van der Waals surface area contributed by atoms with Crippen LogP contribution in [-0.2, 0) is 0 Å². The average molecular weight is 367 g/mol. The molecule has 26 heavy (non-hydrogen) atoms. The Labute approximate surface area is 154 Å². The van der Waals surface area contributed by atoms with Gasteiger partial charge in [0.2, 0.25) is 0 Å². The Morgan fingerprint density at radius 2 is 2.15 bits per heavy atom. The maximum Gasteiger partial charge on any atom is 0.259 e. The van der Waals surface area contributed by atoms with E-state index in [9.17, 15) is 9.59 Å². The number of H-pyrrole nitrogens is 2. The van der Waals surface area contributed by atoms with Gasteiger partial charge in [0, 0.05) is 30.9 Å². The van der Waals surface area contributed by atoms with Crippen LogP contribution >= 0.6 is 12.2 Å². The zero-order chi connectivity index (χ0) is 18.1. The first-order valence-corrected chi connectivity index (χ1v) is 8.74. The lowest BCUT2D eigenvalue weighted by Gasteiger charge is -2.17. The smallest absolute Gasteiger partial charge is 0.259 e. The van der Waals surface area contributed by atoms with Crippen molar-refractivity contribution < 1.29 is 4.79 Å². The number of carbonyl (C=O) groups is 1. The molecule has 7 nitrogen and oxygen atoms in total. The molecule has 3 N–H and O–H groups in total. The van der Waals surface area contributed by atoms with Crippen LogP contribution in [0.5, 0.6) is 0 Å². The number of nitrogens with zero attached hydrogens (tertiary/aromatic N) is 2. The van der Waals surface area contributed by atoms with E-state index in [1.807, 2.05) is 18.2 Å². The minimum absolute atomic E-state index is 0.0536. The van der Waals surface area contributed by atoms with E-state index in [0.717, 1.165) is 25.3 Å². The predicted octanol–water partition coefficient (Wildman–Crippen LogP) is 1.99. The number of amides is 1. The topological polar surface area (TPSA) is 93.9 Å². The van der Waals surface area contributed by atoms with E-state index in [4.69, 9.17) is 12.2 Å². The lowest BCUT2D eigenvalue weighted by atomic mass is 10.1. The number of anilines is 1. The molecule has 1 fully saturated rings. The molecule has 1 unspecified atom stereocenters. The third kappa shape index (κ3) is 3.23. The standard InChI is InChI=1S/C18H17N5O2S/c24-16(11-4-5-13-14(9-11)21-18(26)22-17(13)25)20-12-6-8-23(10-12)15-3-1-2-7-19-15/h1-5,7,9,12H,6,8,10H2,(H,20,24)(H2,21,22,25,26). The Morgan fingerprint density at radius 3 is 2.96 bits per heavy atom. The first-order valence-electron chi connectivity index (χ1n) is 8.33. The summed E-state index contributed by atoms with van der Waals surface area (Å²) in [6, 6.07) is 10.8. The molecule has 0 spiro atoms. The number of benzene rings is 1. The third-order valence-corrected chi connectivity index (χ3v) is 4.70. The normalized spacial score (nSPS) is 16.8. The summed E-state index contributed by atoms with van der Waals surface area (Å²) in [6.45, 7) is 1.57. The van der Waals surface area contributed by atoms with Crippen LogP contribution in [0.2, 0.25) is 0 Å². The van der Waals surface area contributed by atoms with Crippen LogP contribution in [0, 0.1) is 4.77 Å². The van der Waals surface area contributed by atoms with Crippen LogP contribution in [0.25, 0.3) is 10.9 Å². The van der Waals surface area contributed by atoms with Crippen LogP contribution < -0.4 is 15.8 Å². The molecule has 1 aliphatic rings. The first kappa shape index (κ1) is 16.5. The van der Waals surface area contributed by atoms with Gasteiger partial charge in [-0.2, -0.15) is 0 Å². The van der Waals surface area contributed by atoms with Gasteiger partial charge in [0.1, 0.15) is 5.82 Å². The zero-order valence-corrected chi connectivity index (χ0v) is 14.7. The largest absolute Gasteiger partial charge is 0.354 e. The van der Waals surface area contributed by atoms with Crippen molar-refractivity contribution in [1.29, 1.82) is 0 Å². The highest BCUT2D eigenvalue weighted by atomic mass is 32.1. The highest BCUT2D eigenvalue weighted by Crippen LogP contribution is 2.18. The molecule has 3 heterocycles. The first-order chi connectivity index (χ1) is 12.6. The van der Waals surface area contributed by atoms with Crippen molar-refractivity contribution in [3.8, 4) is 0 Å². The van der Waals surface area contributed by atoms with Gasteiger partial charge in [-0.25, -0.2) is 4.98 Å². The fourth-order valence-electron chi connectivity index (χ4n) is 3.21. The maximum absolute atomic E-state index is 12.6. The molecule has 1 amide bonds. The van der Waals surface area contributed by atoms with Gasteiger partial charge in [-0.1, -0.05) is 6.07 Å². The summed E-state index contributed by atoms with van der Waals surface area (Å²) in [5.41, 5.74) is 0.774. The maximum atomic E-state index is 12.6. The molecular weight excluding hydrogens is 350 g/mol. The Kier molecular flexibility index (Phi) is 4.26. The molecule has 1 saturated heterocycles. The van der Waals surface area contributed by atoms with Crippen molar-refractivity contribution in [2.45, 2.75) is 12.5 Å². The molecule has 1 aromatic carbocycles. The SMILES string of the molecule is O=C(NC1CCN(c2ccccn2)C1)c1ccc2c(=O)[nH]c(=S)[nH]c2c1. The summed E-state index contributed by atoms with van der Waals surface area (Å²) < 4.78 is 0.238. The number of aromatic amines is 2. The quantitative estimate of drug-likeness (QED) is 0.616. The summed E-state index contributed by atoms with van der Waals surface area (Å²) in [6.07, 6.45) is 2.62. The van der Waals surface area contributed by atoms with Gasteiger partial charge in [-0.05, 0) is 49.0 Å². The van der Waals surface area contributed by atoms with E-state index in [2.05, 4.69) is 25.2 Å². The van der Waals surface area contributed by atoms with E-state index in [1.165, 1.54) is 0 Å². The van der Waals surface area contributed by atoms with Gasteiger partial charge < -0.3 is 15.2 Å². The Morgan fingerprint density at radius 1 is 1.27 bits per heavy atom. The molecule has 3 aromatic rings. The van der Waals surface area contributed by atoms with Crippen LogP contribution in [0.15, 0.2) is 47.4 Å². The molecule has 4 rings (SSSR count). The second kappa shape index (κ2) is 6.72. The molecule has 0 aliphatic carbocycles. The van der Waals surface area contributed by atoms with Crippen molar-refractivity contribution in [2.24, 2.45) is 0 Å². The molecule has 0 bridgehead atoms. The van der Waals surface area contributed by atoms with Gasteiger partial charge in [0.05, 0.1) is 10.9 Å². The van der Waals surface area contributed by atoms with Gasteiger partial charge in [-0.15, -0.1) is 0 Å². The van der Waals surface area contributed by atoms with Crippen LogP contribution in [-0.4, -0.2) is 40.0 Å². The number of fused-ring (bicyclic) bond motifs is 1. The monoisotopic (exact) mass is 367 g/mol. The predicted molar refractivity (Wildman–Crippen MR) is 102 cm³/mol. The van der Waals surface area contributed by atoms with E-state index in [-0.39, 0.29) is 22.3 Å². The summed E-state index contributed by atoms with van der Waals surface area (Å²) in [5.74, 6) is 0.751. The van der Waals surface area contributed by atoms with Crippen LogP contribution in [0.4, 0.5) is 5.82 Å². The average Bonchev–Trinajstić information content (AvgIpc) is 3.10. The minimum Gasteiger partial charge on any atom is -0.354 e. The zero-order valence-electron chi connectivity index (χ0n) is 13.9. The van der Waals surface area contributed by atoms with E-state index in [0.29, 0.717) is 16.5 Å². The fraction of sp³-hybridized carbons (Fsp3) is 0.222. The molecular formula is C18H17N5O2S. The number of hydrogen-bond acceptors (Lipinski definition) is 5. The van der Waals surface area contributed by atoms with E-state index >= 15 is 0 Å². The molecule has 132 valence electrons. The number of rotatable bonds is 3. The van der Waals surface area contributed by atoms with Crippen molar-refractivity contribution in [3.63, 3.8) is 0 Å². The van der Waals surface area contributed by atoms with Gasteiger partial charge in [0.25, 0.3) is 11.5 Å². The van der Waals surface area contributed by atoms with Crippen molar-refractivity contribution >= 4 is 34.8 Å². The minimum atomic E-state index is -0.266. The van der Waals surface area contributed by atoms with E-state index in [1.54, 1.807) is 24.4 Å². The van der Waals surface area contributed by atoms with E-state index < -0.39 is 0 Å². The number of pyridine rings is 1. The van der Waals surface area contributed by atoms with Crippen molar-refractivity contribution in [2.75, 3.05) is 18.0 Å². The molecule has 0 saturated carbocycles. The fourth-order valence-corrected chi connectivity index (χ4v) is 3.41. The summed E-state index contributed by atoms with van der Waals surface area (Å²) in [7, 11) is 0. The highest BCUT2D eigenvalue weighted by Gasteiger charge is 2.25. The Hall–Kier alpha value is -3.00. The van der Waals surface area contributed by atoms with Crippen molar-refractivity contribution in [1.82, 2.24) is 20.3 Å². The summed E-state index contributed by atoms with van der Waals surface area (Å²) in [5, 5.41) is 3.52. The highest BCUT2D eigenvalue weighted by molar-refractivity contribution is 7.71. The molecule has 1 atom stereocenters. The third-order valence-electron chi connectivity index (χ3n) is 4.50. The molecule has 0 radical (unpaired) electrons. The van der Waals surface area contributed by atoms with Gasteiger partial charge >= 0.3 is 0 Å². The van der Waals surface area contributed by atoms with Gasteiger partial charge in [-0.3, -0.25) is 14.6 Å². The Bertz CT molecular complexity index is 1080. The van der Waals surface area contributed by atoms with Crippen LogP contribution in [0.1, 0.15) is 16.8 Å². The van der Waals surface area contributed by atoms with Crippen LogP contribution in [0.3, 0.4) is 0 Å². The summed E-state index contributed by atoms with van der Waals surface area (Å²) in [4.78, 5) is 36.4. The lowest BCUT2D eigenvalue weighted by Crippen LogP contribution is -2.37. The number of hydrogen-bond donors (Lipinski definition) is 3. The summed E-state index contributed by atoms with van der Waals surface area (Å²) >= 11 is 4.99. The second-order valence-corrected chi connectivity index (χ2v) is 6.67. The Balaban J connectivity index is 1.49. The van der Waals surface area contributed by atoms with Crippen molar-refractivity contribution in [3.05, 3.63) is 63.3 Å². The molecule has 8 heteroatoms. The molecule has 2 aromatic heterocycles. The number of nitrogens with one attached hydrogen (secondary N) is 3. The van der Waals surface area contributed by atoms with Gasteiger partial charge in [0.15, 0.2) is 4.77 Å². The lowest BCUT2D eigenvalue weighted by molar-refractivity contribution is 0.0940. The molecule has 1 aliphatic heterocycles. The second-order valence-electron chi connectivity index (χ2n) is 6.26. The number of carbonyl (C=O) groups excluding carboxylic acids is 1. The number of aromatic nitrogens is 3.